The molecule has 1 aliphatic heterocycles. The maximum Gasteiger partial charge on any atom is 0.419 e. The Kier molecular flexibility index (Phi) is 5.06. The van der Waals surface area contributed by atoms with Crippen molar-refractivity contribution in [1.29, 1.82) is 0 Å². The summed E-state index contributed by atoms with van der Waals surface area (Å²) in [5.74, 6) is -0.323. The molecule has 3 rings (SSSR count). The van der Waals surface area contributed by atoms with Gasteiger partial charge in [-0.15, -0.1) is 0 Å². The molecule has 0 aliphatic carbocycles. The molecule has 0 spiro atoms. The zero-order valence-corrected chi connectivity index (χ0v) is 14.1. The van der Waals surface area contributed by atoms with Crippen LogP contribution >= 0.6 is 0 Å². The smallest absolute Gasteiger partial charge is 0.419 e. The van der Waals surface area contributed by atoms with Crippen LogP contribution in [0, 0.1) is 0 Å². The average molecular weight is 383 g/mol. The molecule has 1 N–H and O–H groups in total. The number of carbonyl (C=O) groups is 1. The Labute approximate surface area is 152 Å². The van der Waals surface area contributed by atoms with E-state index in [1.165, 1.54) is 23.1 Å². The van der Waals surface area contributed by atoms with Gasteiger partial charge in [-0.3, -0.25) is 4.90 Å². The molecule has 27 heavy (non-hydrogen) atoms. The molecule has 0 saturated carbocycles. The summed E-state index contributed by atoms with van der Waals surface area (Å²) in [7, 11) is 0. The van der Waals surface area contributed by atoms with E-state index in [0.29, 0.717) is 19.4 Å². The summed E-state index contributed by atoms with van der Waals surface area (Å²) in [5.41, 5.74) is -0.885. The minimum atomic E-state index is -4.63. The molecule has 10 heteroatoms. The van der Waals surface area contributed by atoms with Gasteiger partial charge in [-0.05, 0) is 31.0 Å². The summed E-state index contributed by atoms with van der Waals surface area (Å²) in [6.45, 7) is 3.68. The fourth-order valence-electron chi connectivity index (χ4n) is 2.91. The van der Waals surface area contributed by atoms with Crippen molar-refractivity contribution in [3.63, 3.8) is 0 Å². The lowest BCUT2D eigenvalue weighted by Crippen LogP contribution is -2.28. The van der Waals surface area contributed by atoms with Gasteiger partial charge in [0.2, 0.25) is 11.7 Å². The third-order valence-electron chi connectivity index (χ3n) is 4.13. The van der Waals surface area contributed by atoms with Gasteiger partial charge >= 0.3 is 12.3 Å². The lowest BCUT2D eigenvalue weighted by molar-refractivity contribution is -0.138. The first-order valence-corrected chi connectivity index (χ1v) is 8.09. The van der Waals surface area contributed by atoms with Crippen LogP contribution in [0.15, 0.2) is 35.4 Å². The van der Waals surface area contributed by atoms with Gasteiger partial charge in [-0.25, -0.2) is 4.79 Å². The van der Waals surface area contributed by atoms with E-state index in [0.717, 1.165) is 6.07 Å². The van der Waals surface area contributed by atoms with E-state index in [2.05, 4.69) is 16.7 Å². The molecule has 1 saturated heterocycles. The predicted octanol–water partition coefficient (Wildman–Crippen LogP) is 4.14. The number of rotatable bonds is 5. The number of carboxylic acid groups (broad SMARTS) is 1. The van der Waals surface area contributed by atoms with E-state index >= 15 is 0 Å². The van der Waals surface area contributed by atoms with Gasteiger partial charge in [0.1, 0.15) is 18.4 Å². The van der Waals surface area contributed by atoms with Crippen molar-refractivity contribution < 1.29 is 32.3 Å². The Morgan fingerprint density at radius 1 is 1.48 bits per heavy atom. The second-order valence-electron chi connectivity index (χ2n) is 5.90. The molecular weight excluding hydrogens is 367 g/mol. The van der Waals surface area contributed by atoms with Crippen molar-refractivity contribution in [3.05, 3.63) is 42.3 Å². The van der Waals surface area contributed by atoms with Crippen LogP contribution in [0.4, 0.5) is 18.0 Å². The van der Waals surface area contributed by atoms with Crippen LogP contribution in [0.1, 0.15) is 30.3 Å². The number of ether oxygens (including phenoxy) is 1. The molecular formula is C17H16F3N3O4. The van der Waals surface area contributed by atoms with Gasteiger partial charge in [0.25, 0.3) is 0 Å². The second-order valence-corrected chi connectivity index (χ2v) is 5.90. The Morgan fingerprint density at radius 3 is 2.93 bits per heavy atom. The van der Waals surface area contributed by atoms with Crippen molar-refractivity contribution in [1.82, 2.24) is 15.0 Å². The van der Waals surface area contributed by atoms with Crippen molar-refractivity contribution in [3.8, 4) is 17.1 Å². The lowest BCUT2D eigenvalue weighted by Gasteiger charge is -2.17. The number of aromatic nitrogens is 2. The quantitative estimate of drug-likeness (QED) is 0.781. The number of nitrogens with zero attached hydrogens (tertiary/aromatic N) is 3. The standard InChI is InChI=1S/C17H16F3N3O4/c1-2-8-26-13-6-5-10(9-11(13)17(18,19)20)14-21-15(27-22-14)12-4-3-7-23(12)16(24)25/h2,5-6,9,12H,1,3-4,7-8H2,(H,24,25). The molecule has 144 valence electrons. The third kappa shape index (κ3) is 3.88. The van der Waals surface area contributed by atoms with Crippen LogP contribution in [-0.2, 0) is 6.18 Å². The summed E-state index contributed by atoms with van der Waals surface area (Å²) in [5, 5.41) is 12.9. The van der Waals surface area contributed by atoms with Gasteiger partial charge in [-0.2, -0.15) is 18.2 Å². The SMILES string of the molecule is C=CCOc1ccc(-c2noc(C3CCCN3C(=O)O)n2)cc1C(F)(F)F. The molecule has 2 heterocycles. The van der Waals surface area contributed by atoms with E-state index in [-0.39, 0.29) is 29.6 Å². The van der Waals surface area contributed by atoms with Gasteiger partial charge < -0.3 is 14.4 Å². The molecule has 1 fully saturated rings. The highest BCUT2D eigenvalue weighted by atomic mass is 19.4. The Balaban J connectivity index is 1.92. The largest absolute Gasteiger partial charge is 0.489 e. The van der Waals surface area contributed by atoms with Crippen molar-refractivity contribution in [2.45, 2.75) is 25.1 Å². The Hall–Kier alpha value is -3.04. The first kappa shape index (κ1) is 18.7. The molecule has 1 aliphatic rings. The maximum absolute atomic E-state index is 13.3. The van der Waals surface area contributed by atoms with Crippen LogP contribution in [0.3, 0.4) is 0 Å². The molecule has 1 atom stereocenters. The third-order valence-corrected chi connectivity index (χ3v) is 4.13. The number of halogens is 3. The Bertz CT molecular complexity index is 850. The normalized spacial score (nSPS) is 17.1. The number of hydrogen-bond donors (Lipinski definition) is 1. The summed E-state index contributed by atoms with van der Waals surface area (Å²) in [6.07, 6.45) is -3.25. The van der Waals surface area contributed by atoms with Crippen LogP contribution in [-0.4, -0.2) is 39.4 Å². The fourth-order valence-corrected chi connectivity index (χ4v) is 2.91. The Morgan fingerprint density at radius 2 is 2.26 bits per heavy atom. The van der Waals surface area contributed by atoms with Gasteiger partial charge in [0, 0.05) is 12.1 Å². The first-order valence-electron chi connectivity index (χ1n) is 8.09. The van der Waals surface area contributed by atoms with Gasteiger partial charge in [-0.1, -0.05) is 17.8 Å². The summed E-state index contributed by atoms with van der Waals surface area (Å²) >= 11 is 0. The average Bonchev–Trinajstić information content (AvgIpc) is 3.27. The summed E-state index contributed by atoms with van der Waals surface area (Å²) in [4.78, 5) is 16.5. The molecule has 7 nitrogen and oxygen atoms in total. The van der Waals surface area contributed by atoms with Gasteiger partial charge in [0.05, 0.1) is 5.56 Å². The topological polar surface area (TPSA) is 88.7 Å². The van der Waals surface area contributed by atoms with Crippen molar-refractivity contribution >= 4 is 6.09 Å². The highest BCUT2D eigenvalue weighted by Gasteiger charge is 2.36. The van der Waals surface area contributed by atoms with E-state index in [1.807, 2.05) is 0 Å². The molecule has 0 bridgehead atoms. The highest BCUT2D eigenvalue weighted by Crippen LogP contribution is 2.39. The number of likely N-dealkylation sites (tertiary alicyclic amines) is 1. The number of benzene rings is 1. The van der Waals surface area contributed by atoms with E-state index in [1.54, 1.807) is 0 Å². The second kappa shape index (κ2) is 7.29. The molecule has 1 aromatic heterocycles. The lowest BCUT2D eigenvalue weighted by atomic mass is 10.1. The first-order chi connectivity index (χ1) is 12.8. The van der Waals surface area contributed by atoms with E-state index < -0.39 is 23.9 Å². The molecule has 2 aromatic rings. The summed E-state index contributed by atoms with van der Waals surface area (Å²) in [6, 6.07) is 2.83. The number of amides is 1. The van der Waals surface area contributed by atoms with Crippen molar-refractivity contribution in [2.24, 2.45) is 0 Å². The monoisotopic (exact) mass is 383 g/mol. The van der Waals surface area contributed by atoms with Crippen LogP contribution in [0.2, 0.25) is 0 Å². The number of hydrogen-bond acceptors (Lipinski definition) is 5. The molecule has 1 amide bonds. The maximum atomic E-state index is 13.3. The molecule has 0 radical (unpaired) electrons. The van der Waals surface area contributed by atoms with Crippen LogP contribution in [0.25, 0.3) is 11.4 Å². The molecule has 1 aromatic carbocycles. The minimum absolute atomic E-state index is 0.0528. The zero-order chi connectivity index (χ0) is 19.6. The number of alkyl halides is 3. The zero-order valence-electron chi connectivity index (χ0n) is 14.1. The predicted molar refractivity (Wildman–Crippen MR) is 87.1 cm³/mol. The van der Waals surface area contributed by atoms with Crippen LogP contribution in [0.5, 0.6) is 5.75 Å². The van der Waals surface area contributed by atoms with Crippen LogP contribution < -0.4 is 4.74 Å². The van der Waals surface area contributed by atoms with Crippen molar-refractivity contribution in [2.75, 3.05) is 13.2 Å². The fraction of sp³-hybridized carbons (Fsp3) is 0.353. The van der Waals surface area contributed by atoms with E-state index in [9.17, 15) is 23.1 Å². The summed E-state index contributed by atoms with van der Waals surface area (Å²) < 4.78 is 50.1. The van der Waals surface area contributed by atoms with E-state index in [4.69, 9.17) is 9.26 Å². The van der Waals surface area contributed by atoms with Gasteiger partial charge in [0.15, 0.2) is 0 Å². The minimum Gasteiger partial charge on any atom is -0.489 e. The molecule has 1 unspecified atom stereocenters. The highest BCUT2D eigenvalue weighted by molar-refractivity contribution is 5.66.